The number of hydrogen-bond acceptors (Lipinski definition) is 6. The van der Waals surface area contributed by atoms with E-state index in [1.807, 2.05) is 11.6 Å². The highest BCUT2D eigenvalue weighted by molar-refractivity contribution is 7.90. The summed E-state index contributed by atoms with van der Waals surface area (Å²) in [6, 6.07) is 5.49. The highest BCUT2D eigenvalue weighted by Crippen LogP contribution is 2.10. The van der Waals surface area contributed by atoms with Gasteiger partial charge in [0.2, 0.25) is 5.91 Å². The smallest absolute Gasteiger partial charge is 0.329 e. The van der Waals surface area contributed by atoms with Crippen molar-refractivity contribution in [2.24, 2.45) is 0 Å². The zero-order chi connectivity index (χ0) is 18.6. The van der Waals surface area contributed by atoms with Crippen molar-refractivity contribution in [2.75, 3.05) is 5.32 Å². The molecule has 1 aromatic carbocycles. The third-order valence-corrected chi connectivity index (χ3v) is 4.53. The lowest BCUT2D eigenvalue weighted by molar-refractivity contribution is -0.117. The van der Waals surface area contributed by atoms with Crippen LogP contribution in [0.5, 0.6) is 0 Å². The topological polar surface area (TPSA) is 130 Å². The van der Waals surface area contributed by atoms with Gasteiger partial charge in [-0.25, -0.2) is 17.9 Å². The molecule has 9 nitrogen and oxygen atoms in total. The molecule has 0 bridgehead atoms. The Kier molecular flexibility index (Phi) is 5.42. The fraction of sp³-hybridized carbons (Fsp3) is 0.267. The van der Waals surface area contributed by atoms with Crippen LogP contribution in [0, 0.1) is 13.8 Å². The van der Waals surface area contributed by atoms with Crippen molar-refractivity contribution in [2.45, 2.75) is 31.7 Å². The number of rotatable bonds is 5. The van der Waals surface area contributed by atoms with E-state index < -0.39 is 28.0 Å². The van der Waals surface area contributed by atoms with E-state index in [0.717, 1.165) is 5.56 Å². The van der Waals surface area contributed by atoms with Gasteiger partial charge in [-0.05, 0) is 32.9 Å². The fourth-order valence-corrected chi connectivity index (χ4v) is 2.77. The van der Waals surface area contributed by atoms with E-state index in [1.165, 1.54) is 25.1 Å². The van der Waals surface area contributed by atoms with Crippen molar-refractivity contribution in [3.63, 3.8) is 0 Å². The number of sulfonamides is 1. The molecule has 0 aliphatic heterocycles. The molecule has 10 heteroatoms. The van der Waals surface area contributed by atoms with Crippen LogP contribution in [0.15, 0.2) is 39.8 Å². The quantitative estimate of drug-likeness (QED) is 0.731. The summed E-state index contributed by atoms with van der Waals surface area (Å²) in [6.45, 7) is 4.88. The molecule has 0 unspecified atom stereocenters. The van der Waals surface area contributed by atoms with Crippen molar-refractivity contribution >= 4 is 27.8 Å². The summed E-state index contributed by atoms with van der Waals surface area (Å²) in [4.78, 5) is 23.7. The van der Waals surface area contributed by atoms with E-state index in [9.17, 15) is 18.0 Å². The van der Waals surface area contributed by atoms with Gasteiger partial charge in [-0.3, -0.25) is 4.79 Å². The molecule has 3 N–H and O–H groups in total. The zero-order valence-corrected chi connectivity index (χ0v) is 14.7. The Hall–Kier alpha value is -2.88. The van der Waals surface area contributed by atoms with Gasteiger partial charge < -0.3 is 15.2 Å². The summed E-state index contributed by atoms with van der Waals surface area (Å²) in [5.41, 5.74) is 0.886. The van der Waals surface area contributed by atoms with Gasteiger partial charge in [0.05, 0.1) is 4.90 Å². The average Bonchev–Trinajstić information content (AvgIpc) is 2.92. The first-order valence-electron chi connectivity index (χ1n) is 7.31. The van der Waals surface area contributed by atoms with Crippen LogP contribution in [0.25, 0.3) is 0 Å². The normalized spacial score (nSPS) is 12.3. The monoisotopic (exact) mass is 366 g/mol. The maximum atomic E-state index is 12.1. The minimum absolute atomic E-state index is 0.0524. The number of hydrogen-bond donors (Lipinski definition) is 3. The van der Waals surface area contributed by atoms with Gasteiger partial charge >= 0.3 is 6.03 Å². The highest BCUT2D eigenvalue weighted by Gasteiger charge is 2.21. The first kappa shape index (κ1) is 18.5. The summed E-state index contributed by atoms with van der Waals surface area (Å²) >= 11 is 0. The third-order valence-electron chi connectivity index (χ3n) is 3.18. The summed E-state index contributed by atoms with van der Waals surface area (Å²) in [6.07, 6.45) is 0. The van der Waals surface area contributed by atoms with E-state index in [0.29, 0.717) is 5.76 Å². The minimum atomic E-state index is -4.02. The molecule has 0 radical (unpaired) electrons. The Labute approximate surface area is 144 Å². The molecule has 2 rings (SSSR count). The van der Waals surface area contributed by atoms with E-state index in [-0.39, 0.29) is 10.7 Å². The van der Waals surface area contributed by atoms with E-state index in [4.69, 9.17) is 4.52 Å². The van der Waals surface area contributed by atoms with Crippen molar-refractivity contribution in [1.29, 1.82) is 0 Å². The van der Waals surface area contributed by atoms with Crippen molar-refractivity contribution in [3.8, 4) is 0 Å². The number of benzene rings is 1. The maximum absolute atomic E-state index is 12.1. The molecule has 0 saturated heterocycles. The Morgan fingerprint density at radius 2 is 1.80 bits per heavy atom. The van der Waals surface area contributed by atoms with Crippen LogP contribution in [0.4, 0.5) is 10.6 Å². The lowest BCUT2D eigenvalue weighted by atomic mass is 10.2. The first-order chi connectivity index (χ1) is 11.7. The first-order valence-corrected chi connectivity index (χ1v) is 8.80. The Morgan fingerprint density at radius 1 is 1.16 bits per heavy atom. The van der Waals surface area contributed by atoms with Gasteiger partial charge in [0.25, 0.3) is 10.0 Å². The van der Waals surface area contributed by atoms with Gasteiger partial charge in [0.1, 0.15) is 11.8 Å². The number of aryl methyl sites for hydroxylation is 2. The second-order valence-electron chi connectivity index (χ2n) is 5.43. The third kappa shape index (κ3) is 5.05. The largest absolute Gasteiger partial charge is 0.360 e. The molecule has 1 heterocycles. The lowest BCUT2D eigenvalue weighted by Crippen LogP contribution is -2.47. The molecule has 0 spiro atoms. The molecule has 0 aliphatic carbocycles. The fourth-order valence-electron chi connectivity index (χ4n) is 1.85. The molecule has 25 heavy (non-hydrogen) atoms. The van der Waals surface area contributed by atoms with Gasteiger partial charge in [0, 0.05) is 6.07 Å². The van der Waals surface area contributed by atoms with Crippen LogP contribution >= 0.6 is 0 Å². The Morgan fingerprint density at radius 3 is 2.36 bits per heavy atom. The zero-order valence-electron chi connectivity index (χ0n) is 13.9. The number of carbonyl (C=O) groups excluding carboxylic acids is 2. The lowest BCUT2D eigenvalue weighted by Gasteiger charge is -2.14. The summed E-state index contributed by atoms with van der Waals surface area (Å²) < 4.78 is 30.9. The molecule has 3 amide bonds. The second-order valence-corrected chi connectivity index (χ2v) is 7.11. The van der Waals surface area contributed by atoms with Crippen LogP contribution < -0.4 is 15.4 Å². The summed E-state index contributed by atoms with van der Waals surface area (Å²) in [5, 5.41) is 8.27. The Bertz CT molecular complexity index is 874. The molecule has 0 aliphatic rings. The van der Waals surface area contributed by atoms with Crippen LogP contribution in [0.2, 0.25) is 0 Å². The van der Waals surface area contributed by atoms with E-state index in [2.05, 4.69) is 15.8 Å². The van der Waals surface area contributed by atoms with Crippen LogP contribution in [-0.4, -0.2) is 31.6 Å². The Balaban J connectivity index is 1.94. The number of nitrogens with zero attached hydrogens (tertiary/aromatic N) is 1. The minimum Gasteiger partial charge on any atom is -0.360 e. The number of urea groups is 1. The molecular weight excluding hydrogens is 348 g/mol. The van der Waals surface area contributed by atoms with Gasteiger partial charge in [-0.15, -0.1) is 0 Å². The van der Waals surface area contributed by atoms with Crippen molar-refractivity contribution in [1.82, 2.24) is 15.2 Å². The van der Waals surface area contributed by atoms with Crippen LogP contribution in [-0.2, 0) is 14.8 Å². The summed E-state index contributed by atoms with van der Waals surface area (Å²) in [5.74, 6) is 0.137. The highest BCUT2D eigenvalue weighted by atomic mass is 32.2. The molecule has 1 aromatic heterocycles. The van der Waals surface area contributed by atoms with Crippen LogP contribution in [0.3, 0.4) is 0 Å². The number of amides is 3. The summed E-state index contributed by atoms with van der Waals surface area (Å²) in [7, 11) is -4.02. The van der Waals surface area contributed by atoms with Gasteiger partial charge in [-0.2, -0.15) is 0 Å². The molecule has 0 saturated carbocycles. The number of nitrogens with one attached hydrogen (secondary N) is 3. The predicted molar refractivity (Wildman–Crippen MR) is 89.4 cm³/mol. The molecule has 2 aromatic rings. The molecule has 0 fully saturated rings. The average molecular weight is 366 g/mol. The maximum Gasteiger partial charge on any atom is 0.329 e. The van der Waals surface area contributed by atoms with E-state index in [1.54, 1.807) is 19.1 Å². The van der Waals surface area contributed by atoms with E-state index >= 15 is 0 Å². The van der Waals surface area contributed by atoms with Crippen LogP contribution in [0.1, 0.15) is 18.2 Å². The van der Waals surface area contributed by atoms with Gasteiger partial charge in [-0.1, -0.05) is 22.9 Å². The van der Waals surface area contributed by atoms with Gasteiger partial charge in [0.15, 0.2) is 5.82 Å². The SMILES string of the molecule is Cc1ccc(S(=O)(=O)NC(=O)N[C@@H](C)C(=O)Nc2cc(C)on2)cc1. The molecule has 1 atom stereocenters. The predicted octanol–water partition coefficient (Wildman–Crippen LogP) is 1.31. The standard InChI is InChI=1S/C15H18N4O5S/c1-9-4-6-12(7-5-9)25(22,23)19-15(21)16-11(3)14(20)17-13-8-10(2)24-18-13/h4-8,11H,1-3H3,(H2,16,19,21)(H,17,18,20)/t11-/m0/s1. The molecular formula is C15H18N4O5S. The number of carbonyl (C=O) groups is 2. The number of aromatic nitrogens is 1. The number of anilines is 1. The molecule has 134 valence electrons. The van der Waals surface area contributed by atoms with Crippen molar-refractivity contribution in [3.05, 3.63) is 41.7 Å². The second kappa shape index (κ2) is 7.34. The van der Waals surface area contributed by atoms with Crippen molar-refractivity contribution < 1.29 is 22.5 Å².